The van der Waals surface area contributed by atoms with E-state index in [1.807, 2.05) is 18.2 Å². The van der Waals surface area contributed by atoms with Gasteiger partial charge in [0.05, 0.1) is 22.1 Å². The first-order chi connectivity index (χ1) is 21.8. The molecule has 0 unspecified atom stereocenters. The summed E-state index contributed by atoms with van der Waals surface area (Å²) in [5.41, 5.74) is 15.1. The van der Waals surface area contributed by atoms with E-state index in [1.165, 1.54) is 44.5 Å². The molecule has 2 nitrogen and oxygen atoms in total. The Kier molecular flexibility index (Phi) is 5.39. The SMILES string of the molecule is CC1(C)c2ccccc2-c2c(N(c3cccc4c3-c3ccccc3C4(C)C)c3cccc4c3oc3cccc(Cl)c34)cccc21. The van der Waals surface area contributed by atoms with Crippen LogP contribution < -0.4 is 4.90 Å². The minimum Gasteiger partial charge on any atom is -0.454 e. The molecule has 1 aromatic heterocycles. The zero-order valence-corrected chi connectivity index (χ0v) is 26.5. The van der Waals surface area contributed by atoms with E-state index in [2.05, 4.69) is 136 Å². The van der Waals surface area contributed by atoms with Gasteiger partial charge in [0.25, 0.3) is 0 Å². The number of hydrogen-bond acceptors (Lipinski definition) is 2. The van der Waals surface area contributed by atoms with Crippen LogP contribution in [0.4, 0.5) is 17.1 Å². The molecule has 7 aromatic rings. The Morgan fingerprint density at radius 1 is 0.511 bits per heavy atom. The first-order valence-electron chi connectivity index (χ1n) is 15.6. The van der Waals surface area contributed by atoms with Gasteiger partial charge in [-0.05, 0) is 63.7 Å². The molecule has 0 spiro atoms. The van der Waals surface area contributed by atoms with Gasteiger partial charge in [-0.2, -0.15) is 0 Å². The first kappa shape index (κ1) is 26.6. The quantitative estimate of drug-likeness (QED) is 0.200. The van der Waals surface area contributed by atoms with Gasteiger partial charge < -0.3 is 9.32 Å². The Bertz CT molecular complexity index is 2250. The summed E-state index contributed by atoms with van der Waals surface area (Å²) in [5.74, 6) is 0. The molecule has 2 aliphatic carbocycles. The lowest BCUT2D eigenvalue weighted by Gasteiger charge is -2.31. The van der Waals surface area contributed by atoms with Crippen molar-refractivity contribution in [1.29, 1.82) is 0 Å². The molecule has 0 N–H and O–H groups in total. The van der Waals surface area contributed by atoms with E-state index in [1.54, 1.807) is 0 Å². The highest BCUT2D eigenvalue weighted by molar-refractivity contribution is 6.38. The highest BCUT2D eigenvalue weighted by Gasteiger charge is 2.41. The third-order valence-electron chi connectivity index (χ3n) is 10.3. The molecule has 0 bridgehead atoms. The van der Waals surface area contributed by atoms with E-state index in [4.69, 9.17) is 16.0 Å². The van der Waals surface area contributed by atoms with Crippen LogP contribution >= 0.6 is 11.6 Å². The number of benzene rings is 6. The number of rotatable bonds is 3. The molecule has 6 aromatic carbocycles. The Morgan fingerprint density at radius 2 is 1.00 bits per heavy atom. The Labute approximate surface area is 268 Å². The lowest BCUT2D eigenvalue weighted by molar-refractivity contribution is 0.660. The van der Waals surface area contributed by atoms with Crippen LogP contribution in [0.3, 0.4) is 0 Å². The van der Waals surface area contributed by atoms with Crippen LogP contribution in [0.25, 0.3) is 44.2 Å². The third-order valence-corrected chi connectivity index (χ3v) is 10.7. The molecule has 2 aliphatic rings. The number of anilines is 3. The van der Waals surface area contributed by atoms with Crippen molar-refractivity contribution in [2.24, 2.45) is 0 Å². The maximum Gasteiger partial charge on any atom is 0.159 e. The van der Waals surface area contributed by atoms with Crippen LogP contribution in [-0.4, -0.2) is 0 Å². The fourth-order valence-corrected chi connectivity index (χ4v) is 8.47. The van der Waals surface area contributed by atoms with Gasteiger partial charge >= 0.3 is 0 Å². The van der Waals surface area contributed by atoms with Gasteiger partial charge in [-0.15, -0.1) is 0 Å². The zero-order valence-electron chi connectivity index (χ0n) is 25.8. The van der Waals surface area contributed by atoms with Crippen molar-refractivity contribution in [3.05, 3.63) is 149 Å². The van der Waals surface area contributed by atoms with E-state index in [-0.39, 0.29) is 10.8 Å². The predicted octanol–water partition coefficient (Wildman–Crippen LogP) is 12.3. The summed E-state index contributed by atoms with van der Waals surface area (Å²) in [7, 11) is 0. The number of hydrogen-bond donors (Lipinski definition) is 0. The summed E-state index contributed by atoms with van der Waals surface area (Å²) >= 11 is 6.80. The van der Waals surface area contributed by atoms with Gasteiger partial charge in [-0.25, -0.2) is 0 Å². The molecular weight excluding hydrogens is 570 g/mol. The average Bonchev–Trinajstić information content (AvgIpc) is 3.63. The van der Waals surface area contributed by atoms with Crippen LogP contribution in [-0.2, 0) is 10.8 Å². The highest BCUT2D eigenvalue weighted by Crippen LogP contribution is 2.58. The maximum atomic E-state index is 6.80. The van der Waals surface area contributed by atoms with Crippen molar-refractivity contribution >= 4 is 50.6 Å². The second-order valence-corrected chi connectivity index (χ2v) is 13.9. The third kappa shape index (κ3) is 3.46. The van der Waals surface area contributed by atoms with Crippen LogP contribution in [0.5, 0.6) is 0 Å². The van der Waals surface area contributed by atoms with Crippen molar-refractivity contribution in [3.8, 4) is 22.3 Å². The molecule has 45 heavy (non-hydrogen) atoms. The molecule has 0 fully saturated rings. The van der Waals surface area contributed by atoms with Crippen molar-refractivity contribution in [1.82, 2.24) is 0 Å². The van der Waals surface area contributed by atoms with Gasteiger partial charge in [0.1, 0.15) is 5.58 Å². The summed E-state index contributed by atoms with van der Waals surface area (Å²) in [6.45, 7) is 9.36. The lowest BCUT2D eigenvalue weighted by atomic mass is 9.82. The van der Waals surface area contributed by atoms with Crippen LogP contribution in [0.1, 0.15) is 49.9 Å². The molecule has 218 valence electrons. The number of furan rings is 1. The van der Waals surface area contributed by atoms with Gasteiger partial charge in [-0.1, -0.05) is 130 Å². The molecule has 1 heterocycles. The largest absolute Gasteiger partial charge is 0.454 e. The topological polar surface area (TPSA) is 16.4 Å². The van der Waals surface area contributed by atoms with Crippen molar-refractivity contribution < 1.29 is 4.42 Å². The molecule has 3 heteroatoms. The number of para-hydroxylation sites is 1. The molecular formula is C42H32ClNO. The summed E-state index contributed by atoms with van der Waals surface area (Å²) < 4.78 is 6.72. The molecule has 0 saturated carbocycles. The van der Waals surface area contributed by atoms with Crippen LogP contribution in [0.15, 0.2) is 126 Å². The minimum absolute atomic E-state index is 0.125. The molecule has 0 radical (unpaired) electrons. The normalized spacial score (nSPS) is 15.1. The summed E-state index contributed by atoms with van der Waals surface area (Å²) in [6.07, 6.45) is 0. The Morgan fingerprint density at radius 3 is 1.60 bits per heavy atom. The van der Waals surface area contributed by atoms with Gasteiger partial charge in [-0.3, -0.25) is 0 Å². The average molecular weight is 602 g/mol. The van der Waals surface area contributed by atoms with E-state index >= 15 is 0 Å². The molecule has 0 atom stereocenters. The first-order valence-corrected chi connectivity index (χ1v) is 16.0. The fourth-order valence-electron chi connectivity index (χ4n) is 8.20. The van der Waals surface area contributed by atoms with E-state index in [0.29, 0.717) is 5.02 Å². The lowest BCUT2D eigenvalue weighted by Crippen LogP contribution is -2.17. The van der Waals surface area contributed by atoms with Crippen LogP contribution in [0, 0.1) is 0 Å². The monoisotopic (exact) mass is 601 g/mol. The highest BCUT2D eigenvalue weighted by atomic mass is 35.5. The standard InChI is InChI=1S/C42H32ClNO/c1-41(2)28-16-7-5-13-25(28)37-30(41)18-10-21-33(37)44(35-23-9-15-27-39-32(43)20-12-24-36(39)45-40(27)35)34-22-11-19-31-38(34)26-14-6-8-17-29(26)42(31,3)4/h5-24H,1-4H3. The summed E-state index contributed by atoms with van der Waals surface area (Å²) in [5, 5.41) is 2.66. The molecule has 0 amide bonds. The molecule has 0 saturated heterocycles. The minimum atomic E-state index is -0.125. The number of fused-ring (bicyclic) bond motifs is 9. The molecule has 0 aliphatic heterocycles. The van der Waals surface area contributed by atoms with Crippen molar-refractivity contribution in [2.45, 2.75) is 38.5 Å². The predicted molar refractivity (Wildman–Crippen MR) is 189 cm³/mol. The van der Waals surface area contributed by atoms with Gasteiger partial charge in [0.15, 0.2) is 5.58 Å². The van der Waals surface area contributed by atoms with Gasteiger partial charge in [0.2, 0.25) is 0 Å². The molecule has 9 rings (SSSR count). The maximum absolute atomic E-state index is 6.80. The number of halogens is 1. The van der Waals surface area contributed by atoms with E-state index in [9.17, 15) is 0 Å². The van der Waals surface area contributed by atoms with Crippen molar-refractivity contribution in [3.63, 3.8) is 0 Å². The Balaban J connectivity index is 1.43. The van der Waals surface area contributed by atoms with Gasteiger partial charge in [0, 0.05) is 32.7 Å². The second kappa shape index (κ2) is 9.12. The summed E-state index contributed by atoms with van der Waals surface area (Å²) in [6, 6.07) is 43.7. The Hall–Kier alpha value is -4.79. The zero-order chi connectivity index (χ0) is 30.7. The number of nitrogens with zero attached hydrogens (tertiary/aromatic N) is 1. The fraction of sp³-hybridized carbons (Fsp3) is 0.143. The van der Waals surface area contributed by atoms with E-state index in [0.717, 1.165) is 39.0 Å². The summed E-state index contributed by atoms with van der Waals surface area (Å²) in [4.78, 5) is 2.45. The van der Waals surface area contributed by atoms with Crippen molar-refractivity contribution in [2.75, 3.05) is 4.90 Å². The smallest absolute Gasteiger partial charge is 0.159 e. The van der Waals surface area contributed by atoms with Crippen LogP contribution in [0.2, 0.25) is 5.02 Å². The second-order valence-electron chi connectivity index (χ2n) is 13.4. The van der Waals surface area contributed by atoms with E-state index < -0.39 is 0 Å².